The molecule has 2 N–H and O–H groups in total. The highest BCUT2D eigenvalue weighted by atomic mass is 35.5. The summed E-state index contributed by atoms with van der Waals surface area (Å²) in [5.41, 5.74) is 3.00. The molecule has 0 spiro atoms. The van der Waals surface area contributed by atoms with Crippen LogP contribution in [0, 0.1) is 0 Å². The van der Waals surface area contributed by atoms with Crippen LogP contribution in [0.15, 0.2) is 72.8 Å². The predicted molar refractivity (Wildman–Crippen MR) is 139 cm³/mol. The van der Waals surface area contributed by atoms with Crippen molar-refractivity contribution < 1.29 is 13.2 Å². The second-order valence-corrected chi connectivity index (χ2v) is 9.79. The number of ether oxygens (including phenoxy) is 1. The molecular weight excluding hydrogens is 474 g/mol. The summed E-state index contributed by atoms with van der Waals surface area (Å²) in [4.78, 5) is 9.34. The fraction of sp³-hybridized carbons (Fsp3) is 0.167. The zero-order valence-corrected chi connectivity index (χ0v) is 20.7. The number of aromatic nitrogens is 2. The maximum Gasteiger partial charge on any atom is 0.229 e. The summed E-state index contributed by atoms with van der Waals surface area (Å²) < 4.78 is 31.0. The summed E-state index contributed by atoms with van der Waals surface area (Å²) in [6.45, 7) is 0. The number of methoxy groups -OCH3 is 1. The number of rotatable bonds is 8. The van der Waals surface area contributed by atoms with Gasteiger partial charge in [-0.2, -0.15) is 4.98 Å². The largest absolute Gasteiger partial charge is 0.494 e. The van der Waals surface area contributed by atoms with Gasteiger partial charge in [0.15, 0.2) is 0 Å². The van der Waals surface area contributed by atoms with Crippen LogP contribution in [0.3, 0.4) is 0 Å². The van der Waals surface area contributed by atoms with Crippen LogP contribution >= 0.6 is 12.4 Å². The van der Waals surface area contributed by atoms with Crippen LogP contribution in [0.5, 0.6) is 5.75 Å². The van der Waals surface area contributed by atoms with Crippen molar-refractivity contribution in [2.24, 2.45) is 0 Å². The van der Waals surface area contributed by atoms with Crippen LogP contribution in [-0.2, 0) is 15.8 Å². The topological polar surface area (TPSA) is 96.4 Å². The van der Waals surface area contributed by atoms with Crippen LogP contribution in [-0.4, -0.2) is 43.9 Å². The molecule has 0 unspecified atom stereocenters. The fourth-order valence-corrected chi connectivity index (χ4v) is 4.12. The van der Waals surface area contributed by atoms with E-state index in [0.717, 1.165) is 16.8 Å². The average molecular weight is 500 g/mol. The monoisotopic (exact) mass is 499 g/mol. The summed E-state index contributed by atoms with van der Waals surface area (Å²) >= 11 is 0. The lowest BCUT2D eigenvalue weighted by Gasteiger charge is -2.14. The molecule has 3 aromatic carbocycles. The van der Waals surface area contributed by atoms with E-state index >= 15 is 0 Å². The third-order valence-electron chi connectivity index (χ3n) is 5.06. The maximum absolute atomic E-state index is 12.1. The molecule has 1 aromatic heterocycles. The van der Waals surface area contributed by atoms with E-state index in [0.29, 0.717) is 28.6 Å². The highest BCUT2D eigenvalue weighted by Gasteiger charge is 2.15. The van der Waals surface area contributed by atoms with Gasteiger partial charge in [0.2, 0.25) is 16.0 Å². The Balaban J connectivity index is 0.00000324. The van der Waals surface area contributed by atoms with E-state index in [1.54, 1.807) is 31.4 Å². The van der Waals surface area contributed by atoms with Crippen molar-refractivity contribution in [1.82, 2.24) is 14.3 Å². The molecule has 0 radical (unpaired) electrons. The lowest BCUT2D eigenvalue weighted by atomic mass is 10.2. The first kappa shape index (κ1) is 25.2. The molecule has 0 aliphatic heterocycles. The van der Waals surface area contributed by atoms with Crippen molar-refractivity contribution in [3.8, 4) is 5.75 Å². The van der Waals surface area contributed by atoms with Crippen molar-refractivity contribution >= 4 is 56.5 Å². The first-order valence-corrected chi connectivity index (χ1v) is 11.9. The molecule has 34 heavy (non-hydrogen) atoms. The van der Waals surface area contributed by atoms with Crippen LogP contribution in [0.2, 0.25) is 0 Å². The van der Waals surface area contributed by atoms with E-state index in [-0.39, 0.29) is 18.2 Å². The molecule has 0 fully saturated rings. The Morgan fingerprint density at radius 2 is 1.53 bits per heavy atom. The normalized spacial score (nSPS) is 11.2. The molecule has 10 heteroatoms. The second kappa shape index (κ2) is 10.7. The molecular formula is C24H26ClN5O3S. The van der Waals surface area contributed by atoms with Gasteiger partial charge in [-0.25, -0.2) is 17.7 Å². The van der Waals surface area contributed by atoms with Crippen molar-refractivity contribution in [2.75, 3.05) is 31.8 Å². The number of fused-ring (bicyclic) bond motifs is 1. The average Bonchev–Trinajstić information content (AvgIpc) is 2.80. The standard InChI is InChI=1S/C24H25N5O3S.ClH/c1-29(2)33(30,31)16-17-12-14-19(15-13-17)26-24-27-22-20(10-7-11-21(22)32-3)23(28-24)25-18-8-5-4-6-9-18;/h4-15H,16H2,1-3H3,(H2,25,26,27,28);1H. The Bertz CT molecular complexity index is 1370. The van der Waals surface area contributed by atoms with Gasteiger partial charge in [-0.3, -0.25) is 0 Å². The summed E-state index contributed by atoms with van der Waals surface area (Å²) in [5, 5.41) is 7.39. The number of hydrogen-bond acceptors (Lipinski definition) is 7. The number of nitrogens with one attached hydrogen (secondary N) is 2. The van der Waals surface area contributed by atoms with Gasteiger partial charge in [0.05, 0.1) is 12.9 Å². The quantitative estimate of drug-likeness (QED) is 0.354. The van der Waals surface area contributed by atoms with E-state index in [9.17, 15) is 8.42 Å². The zero-order valence-electron chi connectivity index (χ0n) is 19.0. The Kier molecular flexibility index (Phi) is 7.93. The number of nitrogens with zero attached hydrogens (tertiary/aromatic N) is 3. The zero-order chi connectivity index (χ0) is 23.4. The van der Waals surface area contributed by atoms with Gasteiger partial charge < -0.3 is 15.4 Å². The number of para-hydroxylation sites is 2. The molecule has 0 saturated carbocycles. The fourth-order valence-electron chi connectivity index (χ4n) is 3.25. The molecule has 178 valence electrons. The Labute approximate surface area is 205 Å². The molecule has 0 bridgehead atoms. The number of sulfonamides is 1. The third kappa shape index (κ3) is 5.74. The lowest BCUT2D eigenvalue weighted by Crippen LogP contribution is -2.23. The van der Waals surface area contributed by atoms with Crippen molar-refractivity contribution in [2.45, 2.75) is 5.75 Å². The third-order valence-corrected chi connectivity index (χ3v) is 6.87. The molecule has 0 aliphatic carbocycles. The highest BCUT2D eigenvalue weighted by Crippen LogP contribution is 2.31. The molecule has 0 aliphatic rings. The maximum atomic E-state index is 12.1. The molecule has 0 saturated heterocycles. The Morgan fingerprint density at radius 3 is 2.18 bits per heavy atom. The summed E-state index contributed by atoms with van der Waals surface area (Å²) in [5.74, 6) is 1.61. The van der Waals surface area contributed by atoms with Gasteiger partial charge in [-0.1, -0.05) is 36.4 Å². The van der Waals surface area contributed by atoms with Crippen LogP contribution in [0.25, 0.3) is 10.9 Å². The van der Waals surface area contributed by atoms with Gasteiger partial charge in [0.25, 0.3) is 0 Å². The Morgan fingerprint density at radius 1 is 0.853 bits per heavy atom. The minimum Gasteiger partial charge on any atom is -0.494 e. The van der Waals surface area contributed by atoms with E-state index in [1.165, 1.54) is 18.4 Å². The summed E-state index contributed by atoms with van der Waals surface area (Å²) in [6, 6.07) is 22.6. The van der Waals surface area contributed by atoms with Gasteiger partial charge in [-0.05, 0) is 42.0 Å². The van der Waals surface area contributed by atoms with Crippen molar-refractivity contribution in [3.05, 3.63) is 78.4 Å². The van der Waals surface area contributed by atoms with Gasteiger partial charge in [-0.15, -0.1) is 12.4 Å². The first-order valence-electron chi connectivity index (χ1n) is 10.3. The number of halogens is 1. The molecule has 1 heterocycles. The second-order valence-electron chi connectivity index (χ2n) is 7.60. The highest BCUT2D eigenvalue weighted by molar-refractivity contribution is 7.88. The van der Waals surface area contributed by atoms with E-state index in [2.05, 4.69) is 20.6 Å². The molecule has 0 amide bonds. The SMILES string of the molecule is COc1cccc2c(Nc3ccccc3)nc(Nc3ccc(CS(=O)(=O)N(C)C)cc3)nc12.Cl. The minimum atomic E-state index is -3.32. The van der Waals surface area contributed by atoms with Crippen LogP contribution < -0.4 is 15.4 Å². The number of anilines is 4. The molecule has 8 nitrogen and oxygen atoms in total. The van der Waals surface area contributed by atoms with Crippen molar-refractivity contribution in [3.63, 3.8) is 0 Å². The van der Waals surface area contributed by atoms with E-state index in [4.69, 9.17) is 4.74 Å². The minimum absolute atomic E-state index is 0. The molecule has 4 rings (SSSR count). The van der Waals surface area contributed by atoms with Crippen LogP contribution in [0.4, 0.5) is 23.1 Å². The van der Waals surface area contributed by atoms with E-state index < -0.39 is 10.0 Å². The first-order chi connectivity index (χ1) is 15.9. The molecule has 4 aromatic rings. The van der Waals surface area contributed by atoms with E-state index in [1.807, 2.05) is 48.5 Å². The van der Waals surface area contributed by atoms with Gasteiger partial charge >= 0.3 is 0 Å². The molecule has 0 atom stereocenters. The number of hydrogen-bond donors (Lipinski definition) is 2. The van der Waals surface area contributed by atoms with Gasteiger partial charge in [0.1, 0.15) is 17.1 Å². The predicted octanol–water partition coefficient (Wildman–Crippen LogP) is 4.94. The van der Waals surface area contributed by atoms with Crippen LogP contribution in [0.1, 0.15) is 5.56 Å². The Hall–Kier alpha value is -3.40. The van der Waals surface area contributed by atoms with Crippen molar-refractivity contribution in [1.29, 1.82) is 0 Å². The summed E-state index contributed by atoms with van der Waals surface area (Å²) in [6.07, 6.45) is 0. The smallest absolute Gasteiger partial charge is 0.229 e. The summed E-state index contributed by atoms with van der Waals surface area (Å²) in [7, 11) is 1.33. The number of benzene rings is 3. The lowest BCUT2D eigenvalue weighted by molar-refractivity contribution is 0.419. The van der Waals surface area contributed by atoms with Gasteiger partial charge in [0, 0.05) is 30.9 Å².